The lowest BCUT2D eigenvalue weighted by atomic mass is 10.2. The molecule has 0 atom stereocenters. The summed E-state index contributed by atoms with van der Waals surface area (Å²) in [7, 11) is 1.59. The average molecular weight is 436 g/mol. The Bertz CT molecular complexity index is 1200. The second-order valence-electron chi connectivity index (χ2n) is 7.27. The van der Waals surface area contributed by atoms with Crippen LogP contribution in [0.5, 0.6) is 5.75 Å². The molecular weight excluding hydrogens is 410 g/mol. The Labute approximate surface area is 185 Å². The van der Waals surface area contributed by atoms with Gasteiger partial charge in [0.1, 0.15) is 5.75 Å². The van der Waals surface area contributed by atoms with Crippen molar-refractivity contribution in [2.75, 3.05) is 19.4 Å². The summed E-state index contributed by atoms with van der Waals surface area (Å²) >= 11 is 1.29. The second kappa shape index (κ2) is 9.39. The molecule has 3 aromatic rings. The first kappa shape index (κ1) is 21.2. The molecule has 0 radical (unpaired) electrons. The number of para-hydroxylation sites is 1. The summed E-state index contributed by atoms with van der Waals surface area (Å²) in [5.41, 5.74) is 2.21. The molecule has 0 N–H and O–H groups in total. The fourth-order valence-electron chi connectivity index (χ4n) is 3.83. The number of hydrogen-bond acceptors (Lipinski definition) is 5. The van der Waals surface area contributed by atoms with Crippen LogP contribution in [0.25, 0.3) is 16.6 Å². The van der Waals surface area contributed by atoms with E-state index in [0.717, 1.165) is 25.0 Å². The number of benzene rings is 2. The number of allylic oxidation sites excluding steroid dienone is 2. The van der Waals surface area contributed by atoms with Crippen LogP contribution in [0.4, 0.5) is 0 Å². The highest BCUT2D eigenvalue weighted by Gasteiger charge is 2.21. The van der Waals surface area contributed by atoms with Crippen molar-refractivity contribution >= 4 is 28.6 Å². The summed E-state index contributed by atoms with van der Waals surface area (Å²) in [5, 5.41) is 1.02. The largest absolute Gasteiger partial charge is 0.497 e. The maximum Gasteiger partial charge on any atom is 0.266 e. The summed E-state index contributed by atoms with van der Waals surface area (Å²) in [5.74, 6) is 0.884. The lowest BCUT2D eigenvalue weighted by molar-refractivity contribution is -0.126. The van der Waals surface area contributed by atoms with Gasteiger partial charge in [0.25, 0.3) is 5.56 Å². The number of rotatable bonds is 7. The van der Waals surface area contributed by atoms with Crippen LogP contribution in [0.15, 0.2) is 70.3 Å². The highest BCUT2D eigenvalue weighted by molar-refractivity contribution is 7.99. The lowest BCUT2D eigenvalue weighted by Crippen LogP contribution is -2.31. The molecule has 1 amide bonds. The van der Waals surface area contributed by atoms with Crippen LogP contribution in [0, 0.1) is 0 Å². The van der Waals surface area contributed by atoms with Crippen molar-refractivity contribution < 1.29 is 9.53 Å². The number of hydrogen-bond donors (Lipinski definition) is 0. The van der Waals surface area contributed by atoms with Crippen LogP contribution >= 0.6 is 11.8 Å². The van der Waals surface area contributed by atoms with E-state index >= 15 is 0 Å². The van der Waals surface area contributed by atoms with Crippen molar-refractivity contribution in [2.45, 2.75) is 31.3 Å². The van der Waals surface area contributed by atoms with Crippen LogP contribution in [-0.4, -0.2) is 39.8 Å². The van der Waals surface area contributed by atoms with E-state index in [2.05, 4.69) is 6.08 Å². The molecule has 0 saturated carbocycles. The van der Waals surface area contributed by atoms with E-state index in [4.69, 9.17) is 9.72 Å². The van der Waals surface area contributed by atoms with E-state index in [9.17, 15) is 9.59 Å². The fraction of sp³-hybridized carbons (Fsp3) is 0.292. The van der Waals surface area contributed by atoms with Gasteiger partial charge in [-0.15, -0.1) is 0 Å². The highest BCUT2D eigenvalue weighted by atomic mass is 32.2. The van der Waals surface area contributed by atoms with Crippen molar-refractivity contribution in [1.82, 2.24) is 14.5 Å². The number of carbonyl (C=O) groups is 1. The topological polar surface area (TPSA) is 64.4 Å². The Morgan fingerprint density at radius 3 is 2.81 bits per heavy atom. The van der Waals surface area contributed by atoms with Gasteiger partial charge in [-0.1, -0.05) is 36.0 Å². The minimum Gasteiger partial charge on any atom is -0.497 e. The Balaban J connectivity index is 1.72. The quantitative estimate of drug-likeness (QED) is 0.406. The maximum absolute atomic E-state index is 13.4. The van der Waals surface area contributed by atoms with E-state index in [1.54, 1.807) is 23.8 Å². The molecule has 0 fully saturated rings. The predicted octanol–water partition coefficient (Wildman–Crippen LogP) is 4.40. The first-order chi connectivity index (χ1) is 15.1. The molecular formula is C24H25N3O3S. The molecule has 0 bridgehead atoms. The van der Waals surface area contributed by atoms with Crippen molar-refractivity contribution in [3.63, 3.8) is 0 Å². The van der Waals surface area contributed by atoms with Gasteiger partial charge >= 0.3 is 0 Å². The minimum absolute atomic E-state index is 0.0280. The standard InChI is InChI=1S/C24H25N3O3S/c1-3-26(17-9-4-5-10-17)22(28)16-31-24-25-21-14-7-6-13-20(21)23(29)27(24)18-11-8-12-19(15-18)30-2/h6-9,11-15H,3-5,10,16H2,1-2H3. The Hall–Kier alpha value is -3.06. The van der Waals surface area contributed by atoms with E-state index in [1.165, 1.54) is 11.8 Å². The number of fused-ring (bicyclic) bond motifs is 1. The third-order valence-corrected chi connectivity index (χ3v) is 6.29. The monoisotopic (exact) mass is 435 g/mol. The highest BCUT2D eigenvalue weighted by Crippen LogP contribution is 2.26. The van der Waals surface area contributed by atoms with E-state index in [0.29, 0.717) is 34.0 Å². The molecule has 0 saturated heterocycles. The van der Waals surface area contributed by atoms with Crippen LogP contribution in [0.2, 0.25) is 0 Å². The zero-order valence-electron chi connectivity index (χ0n) is 17.7. The van der Waals surface area contributed by atoms with Crippen LogP contribution < -0.4 is 10.3 Å². The third-order valence-electron chi connectivity index (χ3n) is 5.36. The number of carbonyl (C=O) groups excluding carboxylic acids is 1. The fourth-order valence-corrected chi connectivity index (χ4v) is 4.72. The number of nitrogens with zero attached hydrogens (tertiary/aromatic N) is 3. The number of thioether (sulfide) groups is 1. The first-order valence-corrected chi connectivity index (χ1v) is 11.4. The molecule has 4 rings (SSSR count). The molecule has 1 aliphatic rings. The zero-order valence-corrected chi connectivity index (χ0v) is 18.5. The molecule has 7 heteroatoms. The summed E-state index contributed by atoms with van der Waals surface area (Å²) in [6.45, 7) is 2.63. The second-order valence-corrected chi connectivity index (χ2v) is 8.21. The third kappa shape index (κ3) is 4.37. The molecule has 0 aliphatic heterocycles. The molecule has 6 nitrogen and oxygen atoms in total. The Kier molecular flexibility index (Phi) is 6.42. The van der Waals surface area contributed by atoms with E-state index in [1.807, 2.05) is 48.2 Å². The number of aromatic nitrogens is 2. The van der Waals surface area contributed by atoms with Gasteiger partial charge in [0.05, 0.1) is 29.5 Å². The van der Waals surface area contributed by atoms with Crippen LogP contribution in [0.3, 0.4) is 0 Å². The van der Waals surface area contributed by atoms with Gasteiger partial charge in [-0.25, -0.2) is 4.98 Å². The Morgan fingerprint density at radius 2 is 2.06 bits per heavy atom. The number of methoxy groups -OCH3 is 1. The molecule has 160 valence electrons. The maximum atomic E-state index is 13.4. The molecule has 0 unspecified atom stereocenters. The van der Waals surface area contributed by atoms with Gasteiger partial charge in [0.2, 0.25) is 5.91 Å². The van der Waals surface area contributed by atoms with Gasteiger partial charge in [0, 0.05) is 18.3 Å². The van der Waals surface area contributed by atoms with Gasteiger partial charge in [0.15, 0.2) is 5.16 Å². The van der Waals surface area contributed by atoms with Gasteiger partial charge < -0.3 is 9.64 Å². The summed E-state index contributed by atoms with van der Waals surface area (Å²) in [4.78, 5) is 32.9. The summed E-state index contributed by atoms with van der Waals surface area (Å²) in [6.07, 6.45) is 5.20. The van der Waals surface area contributed by atoms with Crippen molar-refractivity contribution in [1.29, 1.82) is 0 Å². The molecule has 1 aromatic heterocycles. The predicted molar refractivity (Wildman–Crippen MR) is 124 cm³/mol. The van der Waals surface area contributed by atoms with E-state index in [-0.39, 0.29) is 17.2 Å². The SMILES string of the molecule is CCN(C(=O)CSc1nc2ccccc2c(=O)n1-c1cccc(OC)c1)C1=CCCC1. The zero-order chi connectivity index (χ0) is 21.8. The molecule has 2 aromatic carbocycles. The smallest absolute Gasteiger partial charge is 0.266 e. The first-order valence-electron chi connectivity index (χ1n) is 10.4. The van der Waals surface area contributed by atoms with Crippen molar-refractivity contribution in [3.8, 4) is 11.4 Å². The number of ether oxygens (including phenoxy) is 1. The van der Waals surface area contributed by atoms with Gasteiger partial charge in [-0.3, -0.25) is 14.2 Å². The van der Waals surface area contributed by atoms with Crippen LogP contribution in [-0.2, 0) is 4.79 Å². The van der Waals surface area contributed by atoms with Crippen molar-refractivity contribution in [3.05, 3.63) is 70.7 Å². The lowest BCUT2D eigenvalue weighted by Gasteiger charge is -2.22. The summed E-state index contributed by atoms with van der Waals surface area (Å²) < 4.78 is 6.90. The van der Waals surface area contributed by atoms with Gasteiger partial charge in [-0.2, -0.15) is 0 Å². The summed E-state index contributed by atoms with van der Waals surface area (Å²) in [6, 6.07) is 14.6. The molecule has 1 aliphatic carbocycles. The minimum atomic E-state index is -0.167. The Morgan fingerprint density at radius 1 is 1.23 bits per heavy atom. The van der Waals surface area contributed by atoms with Gasteiger partial charge in [-0.05, 0) is 50.5 Å². The molecule has 31 heavy (non-hydrogen) atoms. The normalized spacial score (nSPS) is 13.3. The number of amides is 1. The van der Waals surface area contributed by atoms with Crippen LogP contribution in [0.1, 0.15) is 26.2 Å². The molecule has 0 spiro atoms. The van der Waals surface area contributed by atoms with Crippen molar-refractivity contribution in [2.24, 2.45) is 0 Å². The molecule has 1 heterocycles. The average Bonchev–Trinajstić information content (AvgIpc) is 3.33. The van der Waals surface area contributed by atoms with E-state index < -0.39 is 0 Å².